The fraction of sp³-hybridized carbons (Fsp3) is 0.500. The standard InChI is InChI=1S/C10H14FN/c1-4-8(3)6-9(7-12)10(11)5-2/h6H,4-5H2,1-3H3/b8-6-,10-9-. The van der Waals surface area contributed by atoms with Gasteiger partial charge in [-0.15, -0.1) is 0 Å². The molecule has 0 aliphatic rings. The highest BCUT2D eigenvalue weighted by Gasteiger charge is 2.00. The molecule has 66 valence electrons. The number of nitriles is 1. The fourth-order valence-electron chi connectivity index (χ4n) is 0.710. The number of allylic oxidation sites excluding steroid dienone is 4. The van der Waals surface area contributed by atoms with Gasteiger partial charge in [0.2, 0.25) is 0 Å². The molecule has 0 saturated carbocycles. The Morgan fingerprint density at radius 1 is 1.42 bits per heavy atom. The van der Waals surface area contributed by atoms with Crippen molar-refractivity contribution in [1.29, 1.82) is 5.26 Å². The number of halogens is 1. The van der Waals surface area contributed by atoms with Gasteiger partial charge in [-0.2, -0.15) is 5.26 Å². The molecule has 0 amide bonds. The van der Waals surface area contributed by atoms with Gasteiger partial charge in [-0.3, -0.25) is 0 Å². The van der Waals surface area contributed by atoms with Crippen LogP contribution in [0.2, 0.25) is 0 Å². The zero-order valence-corrected chi connectivity index (χ0v) is 7.82. The lowest BCUT2D eigenvalue weighted by Crippen LogP contribution is -1.81. The average Bonchev–Trinajstić information content (AvgIpc) is 2.12. The molecule has 0 heterocycles. The van der Waals surface area contributed by atoms with E-state index in [1.165, 1.54) is 0 Å². The monoisotopic (exact) mass is 167 g/mol. The van der Waals surface area contributed by atoms with Gasteiger partial charge in [0.25, 0.3) is 0 Å². The van der Waals surface area contributed by atoms with E-state index in [2.05, 4.69) is 0 Å². The Kier molecular flexibility index (Phi) is 5.03. The van der Waals surface area contributed by atoms with Gasteiger partial charge in [-0.1, -0.05) is 19.4 Å². The summed E-state index contributed by atoms with van der Waals surface area (Å²) in [6.07, 6.45) is 2.75. The van der Waals surface area contributed by atoms with E-state index in [-0.39, 0.29) is 17.8 Å². The lowest BCUT2D eigenvalue weighted by molar-refractivity contribution is 0.599. The molecule has 0 fully saturated rings. The molecule has 0 aromatic carbocycles. The summed E-state index contributed by atoms with van der Waals surface area (Å²) in [6, 6.07) is 1.85. The van der Waals surface area contributed by atoms with Gasteiger partial charge in [0.15, 0.2) is 0 Å². The lowest BCUT2D eigenvalue weighted by Gasteiger charge is -1.96. The zero-order chi connectivity index (χ0) is 9.56. The van der Waals surface area contributed by atoms with Crippen LogP contribution in [-0.2, 0) is 0 Å². The first-order valence-electron chi connectivity index (χ1n) is 4.11. The summed E-state index contributed by atoms with van der Waals surface area (Å²) < 4.78 is 12.9. The van der Waals surface area contributed by atoms with E-state index in [4.69, 9.17) is 5.26 Å². The summed E-state index contributed by atoms with van der Waals surface area (Å²) in [6.45, 7) is 5.56. The minimum absolute atomic E-state index is 0.164. The van der Waals surface area contributed by atoms with Crippen molar-refractivity contribution < 1.29 is 4.39 Å². The van der Waals surface area contributed by atoms with Crippen molar-refractivity contribution in [3.63, 3.8) is 0 Å². The van der Waals surface area contributed by atoms with Gasteiger partial charge < -0.3 is 0 Å². The molecular formula is C10H14FN. The van der Waals surface area contributed by atoms with E-state index < -0.39 is 0 Å². The summed E-state index contributed by atoms with van der Waals surface area (Å²) in [5, 5.41) is 8.58. The zero-order valence-electron chi connectivity index (χ0n) is 7.82. The third kappa shape index (κ3) is 3.34. The summed E-state index contributed by atoms with van der Waals surface area (Å²) in [5.41, 5.74) is 1.19. The highest BCUT2D eigenvalue weighted by molar-refractivity contribution is 5.37. The topological polar surface area (TPSA) is 23.8 Å². The highest BCUT2D eigenvalue weighted by atomic mass is 19.1. The SMILES string of the molecule is CC/C(C)=C\C(C#N)=C(\F)CC. The van der Waals surface area contributed by atoms with Crippen LogP contribution in [0.5, 0.6) is 0 Å². The maximum atomic E-state index is 12.9. The van der Waals surface area contributed by atoms with Crippen LogP contribution in [0.25, 0.3) is 0 Å². The molecule has 0 aromatic rings. The first kappa shape index (κ1) is 10.9. The molecule has 0 unspecified atom stereocenters. The van der Waals surface area contributed by atoms with Crippen LogP contribution in [0.15, 0.2) is 23.0 Å². The van der Waals surface area contributed by atoms with E-state index in [1.54, 1.807) is 13.0 Å². The molecule has 0 aliphatic heterocycles. The Balaban J connectivity index is 4.73. The van der Waals surface area contributed by atoms with Gasteiger partial charge in [-0.25, -0.2) is 4.39 Å². The van der Waals surface area contributed by atoms with Crippen molar-refractivity contribution in [1.82, 2.24) is 0 Å². The first-order valence-corrected chi connectivity index (χ1v) is 4.11. The average molecular weight is 167 g/mol. The van der Waals surface area contributed by atoms with E-state index in [0.29, 0.717) is 0 Å². The minimum Gasteiger partial charge on any atom is -0.210 e. The third-order valence-corrected chi connectivity index (χ3v) is 1.67. The molecular weight excluding hydrogens is 153 g/mol. The largest absolute Gasteiger partial charge is 0.210 e. The van der Waals surface area contributed by atoms with E-state index >= 15 is 0 Å². The van der Waals surface area contributed by atoms with E-state index in [0.717, 1.165) is 12.0 Å². The molecule has 0 radical (unpaired) electrons. The van der Waals surface area contributed by atoms with Crippen LogP contribution in [0.4, 0.5) is 4.39 Å². The second kappa shape index (κ2) is 5.54. The second-order valence-corrected chi connectivity index (χ2v) is 2.63. The number of rotatable bonds is 3. The maximum Gasteiger partial charge on any atom is 0.117 e. The van der Waals surface area contributed by atoms with Crippen molar-refractivity contribution in [3.8, 4) is 6.07 Å². The van der Waals surface area contributed by atoms with Gasteiger partial charge >= 0.3 is 0 Å². The minimum atomic E-state index is -0.328. The summed E-state index contributed by atoms with van der Waals surface area (Å²) in [5.74, 6) is -0.328. The van der Waals surface area contributed by atoms with Gasteiger partial charge in [0.1, 0.15) is 11.9 Å². The smallest absolute Gasteiger partial charge is 0.117 e. The molecule has 0 aliphatic carbocycles. The summed E-state index contributed by atoms with van der Waals surface area (Å²) >= 11 is 0. The van der Waals surface area contributed by atoms with Gasteiger partial charge in [-0.05, 0) is 25.8 Å². The predicted octanol–water partition coefficient (Wildman–Crippen LogP) is 3.50. The molecule has 12 heavy (non-hydrogen) atoms. The predicted molar refractivity (Wildman–Crippen MR) is 48.1 cm³/mol. The van der Waals surface area contributed by atoms with E-state index in [9.17, 15) is 4.39 Å². The second-order valence-electron chi connectivity index (χ2n) is 2.63. The Bertz CT molecular complexity index is 243. The normalized spacial score (nSPS) is 13.8. The van der Waals surface area contributed by atoms with Crippen LogP contribution in [0.1, 0.15) is 33.6 Å². The Labute approximate surface area is 73.2 Å². The molecule has 0 saturated heterocycles. The number of hydrogen-bond acceptors (Lipinski definition) is 1. The number of hydrogen-bond donors (Lipinski definition) is 0. The van der Waals surface area contributed by atoms with Crippen LogP contribution in [0.3, 0.4) is 0 Å². The van der Waals surface area contributed by atoms with Crippen molar-refractivity contribution >= 4 is 0 Å². The Morgan fingerprint density at radius 2 is 2.00 bits per heavy atom. The Hall–Kier alpha value is -1.10. The fourth-order valence-corrected chi connectivity index (χ4v) is 0.710. The number of nitrogens with zero attached hydrogens (tertiary/aromatic N) is 1. The molecule has 0 bridgehead atoms. The molecule has 0 atom stereocenters. The highest BCUT2D eigenvalue weighted by Crippen LogP contribution is 2.13. The quantitative estimate of drug-likeness (QED) is 0.466. The summed E-state index contributed by atoms with van der Waals surface area (Å²) in [4.78, 5) is 0. The molecule has 0 N–H and O–H groups in total. The molecule has 0 aromatic heterocycles. The Morgan fingerprint density at radius 3 is 2.33 bits per heavy atom. The first-order chi connectivity index (χ1) is 5.65. The molecule has 2 heteroatoms. The maximum absolute atomic E-state index is 12.9. The lowest BCUT2D eigenvalue weighted by atomic mass is 10.1. The van der Waals surface area contributed by atoms with Crippen LogP contribution in [-0.4, -0.2) is 0 Å². The van der Waals surface area contributed by atoms with Gasteiger partial charge in [0.05, 0.1) is 5.57 Å². The van der Waals surface area contributed by atoms with Crippen molar-refractivity contribution in [2.75, 3.05) is 0 Å². The molecule has 0 rings (SSSR count). The summed E-state index contributed by atoms with van der Waals surface area (Å²) in [7, 11) is 0. The molecule has 1 nitrogen and oxygen atoms in total. The van der Waals surface area contributed by atoms with Crippen molar-refractivity contribution in [2.45, 2.75) is 33.6 Å². The molecule has 0 spiro atoms. The van der Waals surface area contributed by atoms with E-state index in [1.807, 2.05) is 19.9 Å². The van der Waals surface area contributed by atoms with Crippen molar-refractivity contribution in [2.24, 2.45) is 0 Å². The van der Waals surface area contributed by atoms with Crippen LogP contribution in [0, 0.1) is 11.3 Å². The van der Waals surface area contributed by atoms with Crippen LogP contribution < -0.4 is 0 Å². The third-order valence-electron chi connectivity index (χ3n) is 1.67. The van der Waals surface area contributed by atoms with Crippen LogP contribution >= 0.6 is 0 Å². The van der Waals surface area contributed by atoms with Gasteiger partial charge in [0, 0.05) is 0 Å². The van der Waals surface area contributed by atoms with Crippen molar-refractivity contribution in [3.05, 3.63) is 23.0 Å².